The molecule has 1 aromatic carbocycles. The molecular formula is C14H24N2O. The van der Waals surface area contributed by atoms with E-state index in [1.165, 1.54) is 16.7 Å². The van der Waals surface area contributed by atoms with Gasteiger partial charge in [0.05, 0.1) is 6.61 Å². The zero-order valence-corrected chi connectivity index (χ0v) is 11.2. The van der Waals surface area contributed by atoms with Crippen molar-refractivity contribution in [2.75, 3.05) is 33.4 Å². The third-order valence-electron chi connectivity index (χ3n) is 2.96. The molecule has 0 saturated heterocycles. The zero-order chi connectivity index (χ0) is 12.7. The van der Waals surface area contributed by atoms with Crippen LogP contribution in [0.15, 0.2) is 18.2 Å². The van der Waals surface area contributed by atoms with Crippen LogP contribution in [-0.4, -0.2) is 38.3 Å². The maximum atomic E-state index is 5.64. The molecule has 17 heavy (non-hydrogen) atoms. The van der Waals surface area contributed by atoms with Crippen molar-refractivity contribution in [2.45, 2.75) is 20.4 Å². The highest BCUT2D eigenvalue weighted by atomic mass is 16.5. The first kappa shape index (κ1) is 14.2. The summed E-state index contributed by atoms with van der Waals surface area (Å²) in [6, 6.07) is 6.59. The Morgan fingerprint density at radius 1 is 1.24 bits per heavy atom. The number of benzene rings is 1. The van der Waals surface area contributed by atoms with Gasteiger partial charge in [0.1, 0.15) is 0 Å². The zero-order valence-electron chi connectivity index (χ0n) is 11.2. The van der Waals surface area contributed by atoms with Crippen LogP contribution in [0.2, 0.25) is 0 Å². The fraction of sp³-hybridized carbons (Fsp3) is 0.571. The summed E-state index contributed by atoms with van der Waals surface area (Å²) in [5, 5.41) is 0. The third kappa shape index (κ3) is 4.86. The fourth-order valence-electron chi connectivity index (χ4n) is 1.88. The summed E-state index contributed by atoms with van der Waals surface area (Å²) < 4.78 is 5.13. The Balaban J connectivity index is 2.67. The topological polar surface area (TPSA) is 38.5 Å². The molecule has 0 unspecified atom stereocenters. The summed E-state index contributed by atoms with van der Waals surface area (Å²) in [5.74, 6) is 0. The Labute approximate surface area is 105 Å². The first-order valence-corrected chi connectivity index (χ1v) is 6.15. The number of aryl methyl sites for hydroxylation is 2. The van der Waals surface area contributed by atoms with Gasteiger partial charge < -0.3 is 10.5 Å². The molecule has 3 nitrogen and oxygen atoms in total. The number of rotatable bonds is 7. The second kappa shape index (κ2) is 7.43. The highest BCUT2D eigenvalue weighted by Gasteiger charge is 2.07. The normalized spacial score (nSPS) is 11.1. The Morgan fingerprint density at radius 3 is 2.65 bits per heavy atom. The number of hydrogen-bond acceptors (Lipinski definition) is 3. The maximum absolute atomic E-state index is 5.64. The summed E-state index contributed by atoms with van der Waals surface area (Å²) in [7, 11) is 1.73. The SMILES string of the molecule is COCCN(CCN)Cc1cc(C)ccc1C. The molecule has 0 heterocycles. The van der Waals surface area contributed by atoms with Crippen molar-refractivity contribution in [3.63, 3.8) is 0 Å². The Morgan fingerprint density at radius 2 is 2.00 bits per heavy atom. The second-order valence-corrected chi connectivity index (χ2v) is 4.49. The lowest BCUT2D eigenvalue weighted by Gasteiger charge is -2.22. The van der Waals surface area contributed by atoms with Gasteiger partial charge >= 0.3 is 0 Å². The Kier molecular flexibility index (Phi) is 6.19. The molecule has 0 amide bonds. The fourth-order valence-corrected chi connectivity index (χ4v) is 1.88. The number of methoxy groups -OCH3 is 1. The first-order valence-electron chi connectivity index (χ1n) is 6.15. The summed E-state index contributed by atoms with van der Waals surface area (Å²) in [4.78, 5) is 2.34. The number of hydrogen-bond donors (Lipinski definition) is 1. The van der Waals surface area contributed by atoms with Crippen LogP contribution in [0.5, 0.6) is 0 Å². The lowest BCUT2D eigenvalue weighted by Crippen LogP contribution is -2.32. The van der Waals surface area contributed by atoms with Gasteiger partial charge in [-0.3, -0.25) is 4.90 Å². The van der Waals surface area contributed by atoms with Crippen molar-refractivity contribution in [2.24, 2.45) is 5.73 Å². The van der Waals surface area contributed by atoms with E-state index < -0.39 is 0 Å². The predicted molar refractivity (Wildman–Crippen MR) is 72.1 cm³/mol. The number of nitrogens with zero attached hydrogens (tertiary/aromatic N) is 1. The van der Waals surface area contributed by atoms with Crippen LogP contribution in [0.25, 0.3) is 0 Å². The van der Waals surface area contributed by atoms with E-state index in [2.05, 4.69) is 36.9 Å². The van der Waals surface area contributed by atoms with E-state index in [-0.39, 0.29) is 0 Å². The largest absolute Gasteiger partial charge is 0.383 e. The molecule has 0 atom stereocenters. The van der Waals surface area contributed by atoms with Gasteiger partial charge in [0.2, 0.25) is 0 Å². The monoisotopic (exact) mass is 236 g/mol. The second-order valence-electron chi connectivity index (χ2n) is 4.49. The van der Waals surface area contributed by atoms with Gasteiger partial charge in [-0.1, -0.05) is 23.8 Å². The van der Waals surface area contributed by atoms with E-state index >= 15 is 0 Å². The first-order chi connectivity index (χ1) is 8.17. The molecule has 0 radical (unpaired) electrons. The molecule has 0 aliphatic rings. The van der Waals surface area contributed by atoms with Crippen LogP contribution < -0.4 is 5.73 Å². The average molecular weight is 236 g/mol. The van der Waals surface area contributed by atoms with Gasteiger partial charge in [-0.05, 0) is 25.0 Å². The maximum Gasteiger partial charge on any atom is 0.0589 e. The van der Waals surface area contributed by atoms with E-state index in [0.717, 1.165) is 26.2 Å². The summed E-state index contributed by atoms with van der Waals surface area (Å²) in [6.07, 6.45) is 0. The van der Waals surface area contributed by atoms with Crippen molar-refractivity contribution in [3.05, 3.63) is 34.9 Å². The molecule has 0 spiro atoms. The van der Waals surface area contributed by atoms with Gasteiger partial charge in [0.25, 0.3) is 0 Å². The molecule has 96 valence electrons. The van der Waals surface area contributed by atoms with Crippen molar-refractivity contribution in [1.82, 2.24) is 4.90 Å². The van der Waals surface area contributed by atoms with Crippen LogP contribution in [0.1, 0.15) is 16.7 Å². The Hall–Kier alpha value is -0.900. The minimum absolute atomic E-state index is 0.689. The van der Waals surface area contributed by atoms with Gasteiger partial charge in [-0.15, -0.1) is 0 Å². The van der Waals surface area contributed by atoms with Crippen LogP contribution in [0, 0.1) is 13.8 Å². The van der Waals surface area contributed by atoms with E-state index in [1.807, 2.05) is 0 Å². The van der Waals surface area contributed by atoms with E-state index in [1.54, 1.807) is 7.11 Å². The lowest BCUT2D eigenvalue weighted by atomic mass is 10.1. The molecular weight excluding hydrogens is 212 g/mol. The Bertz CT molecular complexity index is 339. The summed E-state index contributed by atoms with van der Waals surface area (Å²) >= 11 is 0. The van der Waals surface area contributed by atoms with E-state index in [4.69, 9.17) is 10.5 Å². The summed E-state index contributed by atoms with van der Waals surface area (Å²) in [5.41, 5.74) is 9.68. The van der Waals surface area contributed by atoms with E-state index in [9.17, 15) is 0 Å². The highest BCUT2D eigenvalue weighted by Crippen LogP contribution is 2.13. The van der Waals surface area contributed by atoms with Crippen molar-refractivity contribution in [3.8, 4) is 0 Å². The smallest absolute Gasteiger partial charge is 0.0589 e. The number of nitrogens with two attached hydrogens (primary N) is 1. The highest BCUT2D eigenvalue weighted by molar-refractivity contribution is 5.30. The van der Waals surface area contributed by atoms with Crippen LogP contribution in [-0.2, 0) is 11.3 Å². The standard InChI is InChI=1S/C14H24N2O/c1-12-4-5-13(2)14(10-12)11-16(7-6-15)8-9-17-3/h4-5,10H,6-9,11,15H2,1-3H3. The average Bonchev–Trinajstić information content (AvgIpc) is 2.31. The molecule has 0 aliphatic carbocycles. The lowest BCUT2D eigenvalue weighted by molar-refractivity contribution is 0.146. The molecule has 0 saturated carbocycles. The molecule has 1 rings (SSSR count). The number of ether oxygens (including phenoxy) is 1. The van der Waals surface area contributed by atoms with E-state index in [0.29, 0.717) is 6.54 Å². The van der Waals surface area contributed by atoms with Crippen molar-refractivity contribution >= 4 is 0 Å². The van der Waals surface area contributed by atoms with Crippen LogP contribution in [0.3, 0.4) is 0 Å². The molecule has 0 aliphatic heterocycles. The van der Waals surface area contributed by atoms with Crippen molar-refractivity contribution < 1.29 is 4.74 Å². The molecule has 2 N–H and O–H groups in total. The third-order valence-corrected chi connectivity index (χ3v) is 2.96. The minimum atomic E-state index is 0.689. The van der Waals surface area contributed by atoms with Crippen LogP contribution >= 0.6 is 0 Å². The van der Waals surface area contributed by atoms with Gasteiger partial charge in [0, 0.05) is 33.3 Å². The van der Waals surface area contributed by atoms with Gasteiger partial charge in [-0.25, -0.2) is 0 Å². The predicted octanol–water partition coefficient (Wildman–Crippen LogP) is 1.71. The molecule has 0 bridgehead atoms. The van der Waals surface area contributed by atoms with Crippen molar-refractivity contribution in [1.29, 1.82) is 0 Å². The quantitative estimate of drug-likeness (QED) is 0.783. The molecule has 0 aromatic heterocycles. The molecule has 1 aromatic rings. The molecule has 0 fully saturated rings. The van der Waals surface area contributed by atoms with Gasteiger partial charge in [-0.2, -0.15) is 0 Å². The van der Waals surface area contributed by atoms with Gasteiger partial charge in [0.15, 0.2) is 0 Å². The molecule has 3 heteroatoms. The summed E-state index contributed by atoms with van der Waals surface area (Å²) in [6.45, 7) is 8.53. The minimum Gasteiger partial charge on any atom is -0.383 e. The van der Waals surface area contributed by atoms with Crippen LogP contribution in [0.4, 0.5) is 0 Å².